The highest BCUT2D eigenvalue weighted by atomic mass is 15.2. The van der Waals surface area contributed by atoms with Crippen LogP contribution in [0.4, 0.5) is 0 Å². The highest BCUT2D eigenvalue weighted by Crippen LogP contribution is 2.39. The molecular formula is C15H20N4. The van der Waals surface area contributed by atoms with Crippen molar-refractivity contribution in [2.45, 2.75) is 31.7 Å². The Bertz CT molecular complexity index is 525. The molecule has 2 aromatic rings. The topological polar surface area (TPSA) is 42.7 Å². The average molecular weight is 256 g/mol. The van der Waals surface area contributed by atoms with Gasteiger partial charge in [-0.3, -0.25) is 0 Å². The van der Waals surface area contributed by atoms with Crippen molar-refractivity contribution in [2.75, 3.05) is 6.54 Å². The summed E-state index contributed by atoms with van der Waals surface area (Å²) >= 11 is 0. The zero-order valence-corrected chi connectivity index (χ0v) is 11.3. The van der Waals surface area contributed by atoms with E-state index in [-0.39, 0.29) is 0 Å². The zero-order valence-electron chi connectivity index (χ0n) is 11.3. The first-order valence-corrected chi connectivity index (χ1v) is 6.95. The Labute approximate surface area is 113 Å². The summed E-state index contributed by atoms with van der Waals surface area (Å²) in [5.74, 6) is 1.87. The van der Waals surface area contributed by atoms with E-state index in [0.29, 0.717) is 0 Å². The molecule has 3 rings (SSSR count). The van der Waals surface area contributed by atoms with Crippen molar-refractivity contribution in [1.29, 1.82) is 0 Å². The van der Waals surface area contributed by atoms with Gasteiger partial charge in [0, 0.05) is 26.6 Å². The van der Waals surface area contributed by atoms with Crippen LogP contribution < -0.4 is 5.32 Å². The quantitative estimate of drug-likeness (QED) is 0.804. The highest BCUT2D eigenvalue weighted by molar-refractivity contribution is 5.27. The fourth-order valence-electron chi connectivity index (χ4n) is 2.29. The molecule has 1 aliphatic carbocycles. The van der Waals surface area contributed by atoms with Crippen LogP contribution in [0, 0.1) is 0 Å². The summed E-state index contributed by atoms with van der Waals surface area (Å²) in [5, 5.41) is 11.4. The molecule has 0 saturated heterocycles. The Morgan fingerprint density at radius 2 is 2.05 bits per heavy atom. The molecule has 4 heteroatoms. The SMILES string of the molecule is Cn1cnnc1CCNCc1ccc(C2CC2)cc1. The summed E-state index contributed by atoms with van der Waals surface area (Å²) in [6.45, 7) is 1.85. The third-order valence-electron chi connectivity index (χ3n) is 3.69. The van der Waals surface area contributed by atoms with E-state index in [4.69, 9.17) is 0 Å². The molecule has 19 heavy (non-hydrogen) atoms. The van der Waals surface area contributed by atoms with Crippen LogP contribution in [0.1, 0.15) is 35.7 Å². The predicted octanol–water partition coefficient (Wildman–Crippen LogP) is 2.02. The van der Waals surface area contributed by atoms with Gasteiger partial charge in [0.2, 0.25) is 0 Å². The summed E-state index contributed by atoms with van der Waals surface area (Å²) in [4.78, 5) is 0. The van der Waals surface area contributed by atoms with Gasteiger partial charge in [0.1, 0.15) is 12.2 Å². The monoisotopic (exact) mass is 256 g/mol. The Balaban J connectivity index is 1.43. The van der Waals surface area contributed by atoms with Crippen LogP contribution in [-0.4, -0.2) is 21.3 Å². The van der Waals surface area contributed by atoms with E-state index in [0.717, 1.165) is 31.3 Å². The van der Waals surface area contributed by atoms with Crippen LogP contribution in [0.5, 0.6) is 0 Å². The average Bonchev–Trinajstić information content (AvgIpc) is 3.20. The minimum Gasteiger partial charge on any atom is -0.321 e. The number of nitrogens with zero attached hydrogens (tertiary/aromatic N) is 3. The van der Waals surface area contributed by atoms with Crippen molar-refractivity contribution >= 4 is 0 Å². The third-order valence-corrected chi connectivity index (χ3v) is 3.69. The molecule has 1 aromatic carbocycles. The summed E-state index contributed by atoms with van der Waals surface area (Å²) in [5.41, 5.74) is 2.85. The van der Waals surface area contributed by atoms with Crippen molar-refractivity contribution < 1.29 is 0 Å². The number of hydrogen-bond acceptors (Lipinski definition) is 3. The lowest BCUT2D eigenvalue weighted by atomic mass is 10.1. The normalized spacial score (nSPS) is 14.8. The van der Waals surface area contributed by atoms with Crippen molar-refractivity contribution in [1.82, 2.24) is 20.1 Å². The number of nitrogens with one attached hydrogen (secondary N) is 1. The molecule has 1 aliphatic rings. The molecule has 0 spiro atoms. The van der Waals surface area contributed by atoms with Crippen LogP contribution in [0.3, 0.4) is 0 Å². The third kappa shape index (κ3) is 3.20. The molecule has 0 unspecified atom stereocenters. The molecule has 0 amide bonds. The van der Waals surface area contributed by atoms with E-state index in [2.05, 4.69) is 39.8 Å². The zero-order chi connectivity index (χ0) is 13.1. The van der Waals surface area contributed by atoms with E-state index in [9.17, 15) is 0 Å². The first kappa shape index (κ1) is 12.4. The lowest BCUT2D eigenvalue weighted by Gasteiger charge is -2.06. The fourth-order valence-corrected chi connectivity index (χ4v) is 2.29. The molecule has 0 atom stereocenters. The largest absolute Gasteiger partial charge is 0.321 e. The van der Waals surface area contributed by atoms with Crippen LogP contribution in [-0.2, 0) is 20.0 Å². The first-order chi connectivity index (χ1) is 9.33. The van der Waals surface area contributed by atoms with Gasteiger partial charge in [-0.05, 0) is 29.9 Å². The number of benzene rings is 1. The minimum absolute atomic E-state index is 0.845. The summed E-state index contributed by atoms with van der Waals surface area (Å²) < 4.78 is 1.96. The van der Waals surface area contributed by atoms with Gasteiger partial charge in [0.15, 0.2) is 0 Å². The maximum Gasteiger partial charge on any atom is 0.133 e. The molecule has 1 fully saturated rings. The number of aromatic nitrogens is 3. The Morgan fingerprint density at radius 1 is 1.26 bits per heavy atom. The summed E-state index contributed by atoms with van der Waals surface area (Å²) in [7, 11) is 1.98. The standard InChI is InChI=1S/C15H20N4/c1-19-11-17-18-15(19)8-9-16-10-12-2-4-13(5-3-12)14-6-7-14/h2-5,11,14,16H,6-10H2,1H3. The van der Waals surface area contributed by atoms with E-state index in [1.54, 1.807) is 6.33 Å². The molecule has 0 bridgehead atoms. The van der Waals surface area contributed by atoms with E-state index in [1.165, 1.54) is 24.0 Å². The second-order valence-corrected chi connectivity index (χ2v) is 5.30. The van der Waals surface area contributed by atoms with Gasteiger partial charge >= 0.3 is 0 Å². The van der Waals surface area contributed by atoms with E-state index >= 15 is 0 Å². The van der Waals surface area contributed by atoms with Crippen molar-refractivity contribution in [3.63, 3.8) is 0 Å². The lowest BCUT2D eigenvalue weighted by Crippen LogP contribution is -2.18. The van der Waals surface area contributed by atoms with E-state index in [1.807, 2.05) is 11.6 Å². The van der Waals surface area contributed by atoms with Gasteiger partial charge < -0.3 is 9.88 Å². The maximum atomic E-state index is 4.07. The van der Waals surface area contributed by atoms with Crippen LogP contribution in [0.25, 0.3) is 0 Å². The highest BCUT2D eigenvalue weighted by Gasteiger charge is 2.22. The Kier molecular flexibility index (Phi) is 3.60. The number of aryl methyl sites for hydroxylation is 1. The molecule has 1 heterocycles. The van der Waals surface area contributed by atoms with Crippen molar-refractivity contribution in [2.24, 2.45) is 7.05 Å². The maximum absolute atomic E-state index is 4.07. The van der Waals surface area contributed by atoms with Crippen molar-refractivity contribution in [3.8, 4) is 0 Å². The molecule has 100 valence electrons. The number of rotatable bonds is 6. The fraction of sp³-hybridized carbons (Fsp3) is 0.467. The van der Waals surface area contributed by atoms with E-state index < -0.39 is 0 Å². The molecule has 1 N–H and O–H groups in total. The smallest absolute Gasteiger partial charge is 0.133 e. The second-order valence-electron chi connectivity index (χ2n) is 5.30. The lowest BCUT2D eigenvalue weighted by molar-refractivity contribution is 0.653. The first-order valence-electron chi connectivity index (χ1n) is 6.95. The van der Waals surface area contributed by atoms with Gasteiger partial charge in [0.25, 0.3) is 0 Å². The summed E-state index contributed by atoms with van der Waals surface area (Å²) in [6, 6.07) is 9.03. The molecule has 1 saturated carbocycles. The molecule has 0 aliphatic heterocycles. The van der Waals surface area contributed by atoms with Gasteiger partial charge in [-0.2, -0.15) is 0 Å². The number of hydrogen-bond donors (Lipinski definition) is 1. The van der Waals surface area contributed by atoms with Crippen LogP contribution in [0.2, 0.25) is 0 Å². The second kappa shape index (κ2) is 5.53. The molecular weight excluding hydrogens is 236 g/mol. The van der Waals surface area contributed by atoms with Crippen LogP contribution >= 0.6 is 0 Å². The van der Waals surface area contributed by atoms with Crippen LogP contribution in [0.15, 0.2) is 30.6 Å². The minimum atomic E-state index is 0.845. The van der Waals surface area contributed by atoms with Gasteiger partial charge in [0.05, 0.1) is 0 Å². The molecule has 0 radical (unpaired) electrons. The predicted molar refractivity (Wildman–Crippen MR) is 74.8 cm³/mol. The summed E-state index contributed by atoms with van der Waals surface area (Å²) in [6.07, 6.45) is 5.40. The van der Waals surface area contributed by atoms with Gasteiger partial charge in [-0.1, -0.05) is 24.3 Å². The Hall–Kier alpha value is -1.68. The Morgan fingerprint density at radius 3 is 2.68 bits per heavy atom. The van der Waals surface area contributed by atoms with Gasteiger partial charge in [-0.25, -0.2) is 0 Å². The molecule has 4 nitrogen and oxygen atoms in total. The molecule has 1 aromatic heterocycles. The van der Waals surface area contributed by atoms with Crippen molar-refractivity contribution in [3.05, 3.63) is 47.5 Å². The van der Waals surface area contributed by atoms with Gasteiger partial charge in [-0.15, -0.1) is 10.2 Å².